The minimum Gasteiger partial charge on any atom is -0.505 e. The molecule has 214 valence electrons. The molecular formula is C30H20F5N3O4. The van der Waals surface area contributed by atoms with Crippen LogP contribution in [0.1, 0.15) is 27.0 Å². The van der Waals surface area contributed by atoms with Crippen molar-refractivity contribution in [2.75, 3.05) is 0 Å². The summed E-state index contributed by atoms with van der Waals surface area (Å²) in [6.07, 6.45) is -4.67. The molecule has 0 saturated heterocycles. The Kier molecular flexibility index (Phi) is 6.93. The van der Waals surface area contributed by atoms with Gasteiger partial charge in [0.1, 0.15) is 17.3 Å². The molecule has 0 radical (unpaired) electrons. The average Bonchev–Trinajstić information content (AvgIpc) is 3.18. The van der Waals surface area contributed by atoms with Gasteiger partial charge in [-0.15, -0.1) is 10.2 Å². The summed E-state index contributed by atoms with van der Waals surface area (Å²) in [4.78, 5) is 11.3. The number of aromatic hydroxyl groups is 2. The van der Waals surface area contributed by atoms with Crippen molar-refractivity contribution in [1.82, 2.24) is 4.57 Å². The third-order valence-corrected chi connectivity index (χ3v) is 6.53. The van der Waals surface area contributed by atoms with Crippen LogP contribution < -0.4 is 0 Å². The minimum absolute atomic E-state index is 0.0297. The topological polar surface area (TPSA) is 107 Å². The first-order valence-corrected chi connectivity index (χ1v) is 12.3. The maximum absolute atomic E-state index is 14.6. The molecule has 0 unspecified atom stereocenters. The molecule has 0 atom stereocenters. The predicted octanol–water partition coefficient (Wildman–Crippen LogP) is 8.74. The smallest absolute Gasteiger partial charge is 0.416 e. The van der Waals surface area contributed by atoms with Gasteiger partial charge >= 0.3 is 12.1 Å². The van der Waals surface area contributed by atoms with Crippen LogP contribution in [-0.4, -0.2) is 25.9 Å². The number of azo groups is 1. The predicted molar refractivity (Wildman–Crippen MR) is 144 cm³/mol. The zero-order valence-electron chi connectivity index (χ0n) is 21.8. The van der Waals surface area contributed by atoms with Crippen molar-refractivity contribution in [3.63, 3.8) is 0 Å². The molecule has 42 heavy (non-hydrogen) atoms. The number of benzene rings is 4. The molecule has 0 fully saturated rings. The van der Waals surface area contributed by atoms with Gasteiger partial charge < -0.3 is 15.3 Å². The van der Waals surface area contributed by atoms with E-state index in [0.29, 0.717) is 5.69 Å². The quantitative estimate of drug-likeness (QED) is 0.142. The van der Waals surface area contributed by atoms with E-state index in [0.717, 1.165) is 59.7 Å². The van der Waals surface area contributed by atoms with Crippen molar-refractivity contribution >= 4 is 28.2 Å². The first-order chi connectivity index (χ1) is 19.7. The van der Waals surface area contributed by atoms with E-state index in [-0.39, 0.29) is 27.7 Å². The van der Waals surface area contributed by atoms with E-state index in [1.807, 2.05) is 6.07 Å². The van der Waals surface area contributed by atoms with E-state index in [1.54, 1.807) is 26.0 Å². The fourth-order valence-electron chi connectivity index (χ4n) is 4.72. The number of fused-ring (bicyclic) bond motifs is 1. The standard InChI is InChI=1S/C30H20F5N3O4/c1-14-7-15(2)9-19(8-14)38-25-11-17(30(33,34)35)4-5-20(25)26(28(38)40)37-36-24-13-18(31)12-21(27(24)39)16-3-6-23(32)22(10-16)29(41)42/h3-13,39-40H,1-2H3,(H,41,42). The number of carboxylic acids is 1. The summed E-state index contributed by atoms with van der Waals surface area (Å²) in [5.41, 5.74) is -0.719. The van der Waals surface area contributed by atoms with Crippen LogP contribution in [0, 0.1) is 25.5 Å². The van der Waals surface area contributed by atoms with Gasteiger partial charge in [0.2, 0.25) is 5.88 Å². The Bertz CT molecular complexity index is 1910. The number of alkyl halides is 3. The molecule has 0 aliphatic heterocycles. The highest BCUT2D eigenvalue weighted by molar-refractivity contribution is 5.97. The van der Waals surface area contributed by atoms with Crippen LogP contribution in [0.3, 0.4) is 0 Å². The number of phenols is 1. The lowest BCUT2D eigenvalue weighted by atomic mass is 10.0. The first-order valence-electron chi connectivity index (χ1n) is 12.3. The Hall–Kier alpha value is -5.26. The van der Waals surface area contributed by atoms with Gasteiger partial charge in [0.15, 0.2) is 11.4 Å². The third kappa shape index (κ3) is 5.14. The van der Waals surface area contributed by atoms with E-state index in [2.05, 4.69) is 10.2 Å². The SMILES string of the molecule is Cc1cc(C)cc(-n2c(O)c(N=Nc3cc(F)cc(-c4ccc(F)c(C(=O)O)c4)c3O)c3ccc(C(F)(F)F)cc32)c1. The lowest BCUT2D eigenvalue weighted by Crippen LogP contribution is -2.05. The van der Waals surface area contributed by atoms with Gasteiger partial charge in [-0.25, -0.2) is 13.6 Å². The van der Waals surface area contributed by atoms with Gasteiger partial charge in [0.25, 0.3) is 0 Å². The van der Waals surface area contributed by atoms with E-state index in [4.69, 9.17) is 0 Å². The average molecular weight is 581 g/mol. The fourth-order valence-corrected chi connectivity index (χ4v) is 4.72. The highest BCUT2D eigenvalue weighted by Gasteiger charge is 2.32. The van der Waals surface area contributed by atoms with Crippen LogP contribution in [0.2, 0.25) is 0 Å². The molecule has 1 aromatic heterocycles. The molecule has 7 nitrogen and oxygen atoms in total. The molecule has 4 aromatic carbocycles. The molecule has 5 aromatic rings. The highest BCUT2D eigenvalue weighted by atomic mass is 19.4. The molecule has 5 rings (SSSR count). The highest BCUT2D eigenvalue weighted by Crippen LogP contribution is 2.45. The Morgan fingerprint density at radius 1 is 0.857 bits per heavy atom. The molecule has 0 saturated carbocycles. The first kappa shape index (κ1) is 28.3. The summed E-state index contributed by atoms with van der Waals surface area (Å²) >= 11 is 0. The summed E-state index contributed by atoms with van der Waals surface area (Å²) < 4.78 is 70.4. The Labute approximate surface area is 234 Å². The maximum Gasteiger partial charge on any atom is 0.416 e. The van der Waals surface area contributed by atoms with Gasteiger partial charge in [-0.1, -0.05) is 12.1 Å². The molecule has 0 aliphatic carbocycles. The van der Waals surface area contributed by atoms with Crippen molar-refractivity contribution in [3.8, 4) is 28.4 Å². The van der Waals surface area contributed by atoms with Crippen molar-refractivity contribution in [3.05, 3.63) is 101 Å². The van der Waals surface area contributed by atoms with Gasteiger partial charge in [0, 0.05) is 22.7 Å². The molecule has 0 bridgehead atoms. The Balaban J connectivity index is 1.69. The van der Waals surface area contributed by atoms with Crippen LogP contribution in [0.5, 0.6) is 11.6 Å². The summed E-state index contributed by atoms with van der Waals surface area (Å²) in [5.74, 6) is -4.71. The summed E-state index contributed by atoms with van der Waals surface area (Å²) in [5, 5.41) is 39.2. The van der Waals surface area contributed by atoms with Crippen LogP contribution >= 0.6 is 0 Å². The van der Waals surface area contributed by atoms with Crippen LogP contribution in [-0.2, 0) is 6.18 Å². The van der Waals surface area contributed by atoms with Crippen molar-refractivity contribution < 1.29 is 42.1 Å². The molecule has 12 heteroatoms. The van der Waals surface area contributed by atoms with Gasteiger partial charge in [-0.3, -0.25) is 4.57 Å². The number of rotatable bonds is 5. The van der Waals surface area contributed by atoms with Gasteiger partial charge in [-0.05, 0) is 79.1 Å². The van der Waals surface area contributed by atoms with E-state index in [1.165, 1.54) is 4.57 Å². The van der Waals surface area contributed by atoms with Gasteiger partial charge in [-0.2, -0.15) is 13.2 Å². The molecule has 3 N–H and O–H groups in total. The molecule has 1 heterocycles. The number of hydrogen-bond acceptors (Lipinski definition) is 5. The number of nitrogens with zero attached hydrogens (tertiary/aromatic N) is 3. The monoisotopic (exact) mass is 581 g/mol. The number of carbonyl (C=O) groups is 1. The lowest BCUT2D eigenvalue weighted by Gasteiger charge is -2.11. The van der Waals surface area contributed by atoms with Crippen LogP contribution in [0.4, 0.5) is 33.3 Å². The van der Waals surface area contributed by atoms with Crippen LogP contribution in [0.15, 0.2) is 77.0 Å². The van der Waals surface area contributed by atoms with Crippen molar-refractivity contribution in [2.45, 2.75) is 20.0 Å². The lowest BCUT2D eigenvalue weighted by molar-refractivity contribution is -0.137. The summed E-state index contributed by atoms with van der Waals surface area (Å²) in [7, 11) is 0. The number of aromatic nitrogens is 1. The Morgan fingerprint density at radius 2 is 1.55 bits per heavy atom. The Morgan fingerprint density at radius 3 is 2.19 bits per heavy atom. The molecule has 0 amide bonds. The molecule has 0 spiro atoms. The minimum atomic E-state index is -4.67. The number of hydrogen-bond donors (Lipinski definition) is 3. The molecular weight excluding hydrogens is 561 g/mol. The molecule has 0 aliphatic rings. The van der Waals surface area contributed by atoms with Crippen LogP contribution in [0.25, 0.3) is 27.7 Å². The zero-order chi connectivity index (χ0) is 30.5. The van der Waals surface area contributed by atoms with E-state index in [9.17, 15) is 42.1 Å². The second-order valence-electron chi connectivity index (χ2n) is 9.60. The summed E-state index contributed by atoms with van der Waals surface area (Å²) in [6, 6.07) is 12.6. The zero-order valence-corrected chi connectivity index (χ0v) is 21.8. The third-order valence-electron chi connectivity index (χ3n) is 6.53. The number of aromatic carboxylic acids is 1. The van der Waals surface area contributed by atoms with E-state index < -0.39 is 52.2 Å². The second-order valence-corrected chi connectivity index (χ2v) is 9.60. The number of carboxylic acid groups (broad SMARTS) is 1. The van der Waals surface area contributed by atoms with Crippen molar-refractivity contribution in [2.24, 2.45) is 10.2 Å². The number of halogens is 5. The van der Waals surface area contributed by atoms with Gasteiger partial charge in [0.05, 0.1) is 16.6 Å². The van der Waals surface area contributed by atoms with E-state index >= 15 is 0 Å². The normalized spacial score (nSPS) is 12.0. The second kappa shape index (κ2) is 10.3. The van der Waals surface area contributed by atoms with Crippen molar-refractivity contribution in [1.29, 1.82) is 0 Å². The number of phenolic OH excluding ortho intramolecular Hbond substituents is 1. The summed E-state index contributed by atoms with van der Waals surface area (Å²) in [6.45, 7) is 3.57. The fraction of sp³-hybridized carbons (Fsp3) is 0.100. The number of aryl methyl sites for hydroxylation is 2. The maximum atomic E-state index is 14.6. The largest absolute Gasteiger partial charge is 0.505 e.